The van der Waals surface area contributed by atoms with Crippen molar-refractivity contribution in [2.75, 3.05) is 20.1 Å². The summed E-state index contributed by atoms with van der Waals surface area (Å²) in [5, 5.41) is 0. The van der Waals surface area contributed by atoms with Crippen LogP contribution in [-0.2, 0) is 6.54 Å². The third-order valence-electron chi connectivity index (χ3n) is 2.87. The molecule has 1 aromatic rings. The zero-order valence-electron chi connectivity index (χ0n) is 9.59. The van der Waals surface area contributed by atoms with Crippen LogP contribution in [0.2, 0.25) is 0 Å². The number of hydrogen-bond acceptors (Lipinski definition) is 2. The molecule has 2 rings (SSSR count). The highest BCUT2D eigenvalue weighted by molar-refractivity contribution is 5.74. The number of hydrogen-bond donors (Lipinski definition) is 0. The molecule has 0 unspecified atom stereocenters. The molecule has 2 amide bonds. The minimum atomic E-state index is 0.134. The van der Waals surface area contributed by atoms with E-state index in [0.717, 1.165) is 31.5 Å². The molecule has 0 radical (unpaired) electrons. The Morgan fingerprint density at radius 3 is 2.62 bits per heavy atom. The van der Waals surface area contributed by atoms with Crippen LogP contribution in [0.3, 0.4) is 0 Å². The van der Waals surface area contributed by atoms with E-state index in [0.29, 0.717) is 6.54 Å². The lowest BCUT2D eigenvalue weighted by atomic mass is 10.2. The zero-order valence-corrected chi connectivity index (χ0v) is 9.59. The molecule has 1 aliphatic heterocycles. The maximum Gasteiger partial charge on any atom is 0.320 e. The van der Waals surface area contributed by atoms with Gasteiger partial charge in [0.1, 0.15) is 0 Å². The molecule has 0 aliphatic carbocycles. The molecule has 1 aromatic heterocycles. The molecule has 16 heavy (non-hydrogen) atoms. The lowest BCUT2D eigenvalue weighted by Gasteiger charge is -2.24. The number of aromatic nitrogens is 1. The summed E-state index contributed by atoms with van der Waals surface area (Å²) < 4.78 is 0. The molecule has 2 heterocycles. The van der Waals surface area contributed by atoms with Crippen LogP contribution >= 0.6 is 0 Å². The second kappa shape index (κ2) is 4.96. The van der Waals surface area contributed by atoms with Crippen molar-refractivity contribution < 1.29 is 4.79 Å². The van der Waals surface area contributed by atoms with Crippen molar-refractivity contribution in [1.29, 1.82) is 0 Å². The summed E-state index contributed by atoms with van der Waals surface area (Å²) in [6, 6.07) is 4.01. The third-order valence-corrected chi connectivity index (χ3v) is 2.87. The fraction of sp³-hybridized carbons (Fsp3) is 0.500. The molecule has 0 N–H and O–H groups in total. The standard InChI is InChI=1S/C12H17N3O/c1-14(10-11-4-6-13-7-5-11)12(16)15-8-2-3-9-15/h4-7H,2-3,8-10H2,1H3. The normalized spacial score (nSPS) is 15.2. The van der Waals surface area contributed by atoms with Crippen LogP contribution in [0.15, 0.2) is 24.5 Å². The molecular formula is C12H17N3O. The maximum atomic E-state index is 12.0. The minimum Gasteiger partial charge on any atom is -0.325 e. The van der Waals surface area contributed by atoms with Crippen LogP contribution in [0.1, 0.15) is 18.4 Å². The van der Waals surface area contributed by atoms with E-state index in [1.54, 1.807) is 17.3 Å². The second-order valence-electron chi connectivity index (χ2n) is 4.19. The van der Waals surface area contributed by atoms with Gasteiger partial charge in [-0.3, -0.25) is 4.98 Å². The van der Waals surface area contributed by atoms with Crippen LogP contribution < -0.4 is 0 Å². The van der Waals surface area contributed by atoms with Crippen LogP contribution in [0.25, 0.3) is 0 Å². The molecule has 0 atom stereocenters. The first-order valence-electron chi connectivity index (χ1n) is 5.66. The molecule has 1 aliphatic rings. The Labute approximate surface area is 95.9 Å². The Balaban J connectivity index is 1.92. The average molecular weight is 219 g/mol. The Morgan fingerprint density at radius 2 is 2.00 bits per heavy atom. The third kappa shape index (κ3) is 2.51. The quantitative estimate of drug-likeness (QED) is 0.759. The van der Waals surface area contributed by atoms with E-state index in [4.69, 9.17) is 0 Å². The Hall–Kier alpha value is -1.58. The summed E-state index contributed by atoms with van der Waals surface area (Å²) in [5.74, 6) is 0. The Bertz CT molecular complexity index is 347. The van der Waals surface area contributed by atoms with E-state index in [9.17, 15) is 4.79 Å². The number of carbonyl (C=O) groups excluding carboxylic acids is 1. The van der Waals surface area contributed by atoms with Gasteiger partial charge in [-0.1, -0.05) is 0 Å². The van der Waals surface area contributed by atoms with Crippen LogP contribution in [0, 0.1) is 0 Å². The van der Waals surface area contributed by atoms with Crippen LogP contribution in [-0.4, -0.2) is 41.0 Å². The number of carbonyl (C=O) groups is 1. The van der Waals surface area contributed by atoms with Crippen molar-refractivity contribution in [2.45, 2.75) is 19.4 Å². The number of pyridine rings is 1. The fourth-order valence-corrected chi connectivity index (χ4v) is 1.98. The SMILES string of the molecule is CN(Cc1ccncc1)C(=O)N1CCCC1. The average Bonchev–Trinajstić information content (AvgIpc) is 2.83. The van der Waals surface area contributed by atoms with Crippen molar-refractivity contribution in [2.24, 2.45) is 0 Å². The van der Waals surface area contributed by atoms with Crippen molar-refractivity contribution in [1.82, 2.24) is 14.8 Å². The van der Waals surface area contributed by atoms with E-state index in [2.05, 4.69) is 4.98 Å². The van der Waals surface area contributed by atoms with E-state index in [-0.39, 0.29) is 6.03 Å². The van der Waals surface area contributed by atoms with Gasteiger partial charge in [-0.25, -0.2) is 4.79 Å². The summed E-state index contributed by atoms with van der Waals surface area (Å²) in [7, 11) is 1.85. The molecule has 4 heteroatoms. The molecular weight excluding hydrogens is 202 g/mol. The molecule has 0 spiro atoms. The summed E-state index contributed by atoms with van der Waals surface area (Å²) in [6.07, 6.45) is 5.77. The molecule has 86 valence electrons. The van der Waals surface area contributed by atoms with Crippen molar-refractivity contribution in [3.8, 4) is 0 Å². The maximum absolute atomic E-state index is 12.0. The van der Waals surface area contributed by atoms with Crippen molar-refractivity contribution >= 4 is 6.03 Å². The number of amides is 2. The van der Waals surface area contributed by atoms with Gasteiger partial charge in [0, 0.05) is 39.1 Å². The van der Waals surface area contributed by atoms with Gasteiger partial charge in [0.25, 0.3) is 0 Å². The molecule has 0 aromatic carbocycles. The number of rotatable bonds is 2. The van der Waals surface area contributed by atoms with Crippen molar-refractivity contribution in [3.05, 3.63) is 30.1 Å². The van der Waals surface area contributed by atoms with Gasteiger partial charge in [0.2, 0.25) is 0 Å². The largest absolute Gasteiger partial charge is 0.325 e. The second-order valence-corrected chi connectivity index (χ2v) is 4.19. The number of nitrogens with zero attached hydrogens (tertiary/aromatic N) is 3. The number of likely N-dealkylation sites (tertiary alicyclic amines) is 1. The lowest BCUT2D eigenvalue weighted by molar-refractivity contribution is 0.171. The molecule has 1 saturated heterocycles. The Morgan fingerprint density at radius 1 is 1.38 bits per heavy atom. The first-order valence-corrected chi connectivity index (χ1v) is 5.66. The predicted octanol–water partition coefficient (Wildman–Crippen LogP) is 1.73. The minimum absolute atomic E-state index is 0.134. The Kier molecular flexibility index (Phi) is 3.39. The smallest absolute Gasteiger partial charge is 0.320 e. The van der Waals surface area contributed by atoms with E-state index in [1.165, 1.54) is 0 Å². The van der Waals surface area contributed by atoms with E-state index < -0.39 is 0 Å². The van der Waals surface area contributed by atoms with Crippen LogP contribution in [0.5, 0.6) is 0 Å². The molecule has 0 bridgehead atoms. The highest BCUT2D eigenvalue weighted by Crippen LogP contribution is 2.11. The van der Waals surface area contributed by atoms with E-state index in [1.807, 2.05) is 24.1 Å². The highest BCUT2D eigenvalue weighted by atomic mass is 16.2. The molecule has 0 saturated carbocycles. The predicted molar refractivity (Wildman–Crippen MR) is 61.9 cm³/mol. The topological polar surface area (TPSA) is 36.4 Å². The van der Waals surface area contributed by atoms with E-state index >= 15 is 0 Å². The molecule has 1 fully saturated rings. The summed E-state index contributed by atoms with van der Waals surface area (Å²) >= 11 is 0. The summed E-state index contributed by atoms with van der Waals surface area (Å²) in [4.78, 5) is 19.6. The first-order chi connectivity index (χ1) is 7.77. The van der Waals surface area contributed by atoms with Gasteiger partial charge >= 0.3 is 6.03 Å². The monoisotopic (exact) mass is 219 g/mol. The number of urea groups is 1. The molecule has 4 nitrogen and oxygen atoms in total. The van der Waals surface area contributed by atoms with Crippen molar-refractivity contribution in [3.63, 3.8) is 0 Å². The van der Waals surface area contributed by atoms with Gasteiger partial charge in [0.05, 0.1) is 0 Å². The van der Waals surface area contributed by atoms with Gasteiger partial charge in [-0.2, -0.15) is 0 Å². The summed E-state index contributed by atoms with van der Waals surface area (Å²) in [5.41, 5.74) is 1.12. The fourth-order valence-electron chi connectivity index (χ4n) is 1.98. The highest BCUT2D eigenvalue weighted by Gasteiger charge is 2.20. The van der Waals surface area contributed by atoms with Gasteiger partial charge in [-0.15, -0.1) is 0 Å². The summed E-state index contributed by atoms with van der Waals surface area (Å²) in [6.45, 7) is 2.46. The lowest BCUT2D eigenvalue weighted by Crippen LogP contribution is -2.38. The van der Waals surface area contributed by atoms with Crippen LogP contribution in [0.4, 0.5) is 4.79 Å². The van der Waals surface area contributed by atoms with Gasteiger partial charge < -0.3 is 9.80 Å². The van der Waals surface area contributed by atoms with Gasteiger partial charge in [-0.05, 0) is 30.5 Å². The van der Waals surface area contributed by atoms with Gasteiger partial charge in [0.15, 0.2) is 0 Å². The first kappa shape index (κ1) is 10.9. The zero-order chi connectivity index (χ0) is 11.4.